The van der Waals surface area contributed by atoms with Gasteiger partial charge in [-0.1, -0.05) is 6.07 Å². The average molecular weight is 323 g/mol. The van der Waals surface area contributed by atoms with Gasteiger partial charge in [0.05, 0.1) is 0 Å². The second kappa shape index (κ2) is 5.59. The number of aryl methyl sites for hydroxylation is 1. The molecule has 0 aliphatic rings. The SMILES string of the molecule is COC(I)(NNc1ccc(C)cn1)OC. The van der Waals surface area contributed by atoms with Crippen molar-refractivity contribution >= 4 is 28.4 Å². The van der Waals surface area contributed by atoms with Crippen LogP contribution in [0.1, 0.15) is 5.56 Å². The summed E-state index contributed by atoms with van der Waals surface area (Å²) in [6.07, 6.45) is 1.78. The van der Waals surface area contributed by atoms with E-state index in [1.165, 1.54) is 0 Å². The topological polar surface area (TPSA) is 55.4 Å². The minimum Gasteiger partial charge on any atom is -0.331 e. The van der Waals surface area contributed by atoms with Crippen LogP contribution in [0.25, 0.3) is 0 Å². The zero-order valence-corrected chi connectivity index (χ0v) is 11.0. The van der Waals surface area contributed by atoms with Crippen LogP contribution in [0.2, 0.25) is 0 Å². The maximum Gasteiger partial charge on any atom is 0.298 e. The number of nitrogens with zero attached hydrogens (tertiary/aromatic N) is 1. The zero-order valence-electron chi connectivity index (χ0n) is 8.87. The smallest absolute Gasteiger partial charge is 0.298 e. The standard InChI is InChI=1S/C9H14IN3O2/c1-7-4-5-8(11-6-7)12-13-9(10,14-2)15-3/h4-6,13H,1-3H3,(H,11,12). The second-order valence-corrected chi connectivity index (χ2v) is 4.34. The Morgan fingerprint density at radius 2 is 2.00 bits per heavy atom. The van der Waals surface area contributed by atoms with E-state index in [-0.39, 0.29) is 0 Å². The van der Waals surface area contributed by atoms with Gasteiger partial charge in [-0.05, 0) is 18.6 Å². The Morgan fingerprint density at radius 1 is 1.33 bits per heavy atom. The van der Waals surface area contributed by atoms with Crippen LogP contribution < -0.4 is 10.9 Å². The molecule has 6 heteroatoms. The first kappa shape index (κ1) is 12.6. The molecule has 0 bridgehead atoms. The minimum atomic E-state index is -0.898. The first-order valence-corrected chi connectivity index (χ1v) is 5.42. The van der Waals surface area contributed by atoms with Crippen LogP contribution in [0.3, 0.4) is 0 Å². The van der Waals surface area contributed by atoms with Crippen LogP contribution in [0.15, 0.2) is 18.3 Å². The van der Waals surface area contributed by atoms with Crippen molar-refractivity contribution in [2.45, 2.75) is 10.8 Å². The molecule has 0 aliphatic heterocycles. The molecule has 0 saturated carbocycles. The third-order valence-corrected chi connectivity index (χ3v) is 2.93. The highest BCUT2D eigenvalue weighted by Gasteiger charge is 2.24. The Morgan fingerprint density at radius 3 is 2.47 bits per heavy atom. The van der Waals surface area contributed by atoms with E-state index < -0.39 is 3.92 Å². The maximum atomic E-state index is 5.10. The number of ether oxygens (including phenoxy) is 2. The molecule has 15 heavy (non-hydrogen) atoms. The number of anilines is 1. The lowest BCUT2D eigenvalue weighted by molar-refractivity contribution is -0.135. The molecule has 1 aromatic rings. The maximum absolute atomic E-state index is 5.10. The largest absolute Gasteiger partial charge is 0.331 e. The van der Waals surface area contributed by atoms with E-state index in [2.05, 4.69) is 15.8 Å². The van der Waals surface area contributed by atoms with Gasteiger partial charge in [0.2, 0.25) is 0 Å². The zero-order chi connectivity index (χ0) is 11.3. The average Bonchev–Trinajstić information content (AvgIpc) is 2.28. The highest BCUT2D eigenvalue weighted by Crippen LogP contribution is 2.16. The van der Waals surface area contributed by atoms with Crippen molar-refractivity contribution in [2.24, 2.45) is 0 Å². The first-order valence-electron chi connectivity index (χ1n) is 4.34. The van der Waals surface area contributed by atoms with Crippen molar-refractivity contribution in [3.05, 3.63) is 23.9 Å². The monoisotopic (exact) mass is 323 g/mol. The summed E-state index contributed by atoms with van der Waals surface area (Å²) in [5, 5.41) is 0. The lowest BCUT2D eigenvalue weighted by Crippen LogP contribution is -2.46. The molecule has 0 saturated heterocycles. The van der Waals surface area contributed by atoms with Gasteiger partial charge in [-0.2, -0.15) is 5.43 Å². The molecule has 0 spiro atoms. The van der Waals surface area contributed by atoms with Gasteiger partial charge in [-0.3, -0.25) is 0 Å². The summed E-state index contributed by atoms with van der Waals surface area (Å²) in [5.74, 6) is 0.704. The fourth-order valence-electron chi connectivity index (χ4n) is 0.866. The Labute approximate surface area is 103 Å². The third kappa shape index (κ3) is 3.90. The Hall–Kier alpha value is -0.440. The lowest BCUT2D eigenvalue weighted by Gasteiger charge is -2.25. The van der Waals surface area contributed by atoms with E-state index >= 15 is 0 Å². The summed E-state index contributed by atoms with van der Waals surface area (Å²) in [4.78, 5) is 4.16. The summed E-state index contributed by atoms with van der Waals surface area (Å²) < 4.78 is 9.29. The van der Waals surface area contributed by atoms with Gasteiger partial charge in [0.15, 0.2) is 0 Å². The molecule has 1 rings (SSSR count). The highest BCUT2D eigenvalue weighted by molar-refractivity contribution is 14.1. The van der Waals surface area contributed by atoms with E-state index in [9.17, 15) is 0 Å². The molecule has 0 aromatic carbocycles. The quantitative estimate of drug-likeness (QED) is 0.284. The number of aromatic nitrogens is 1. The van der Waals surface area contributed by atoms with Gasteiger partial charge in [-0.25, -0.2) is 4.98 Å². The van der Waals surface area contributed by atoms with Gasteiger partial charge in [0, 0.05) is 43.0 Å². The Bertz CT molecular complexity index is 301. The van der Waals surface area contributed by atoms with E-state index in [0.717, 1.165) is 5.56 Å². The number of hydrogen-bond acceptors (Lipinski definition) is 5. The summed E-state index contributed by atoms with van der Waals surface area (Å²) in [6, 6.07) is 3.83. The number of pyridine rings is 1. The van der Waals surface area contributed by atoms with Gasteiger partial charge in [0.1, 0.15) is 5.82 Å². The summed E-state index contributed by atoms with van der Waals surface area (Å²) in [5.41, 5.74) is 6.87. The minimum absolute atomic E-state index is 0.704. The number of nitrogens with one attached hydrogen (secondary N) is 2. The van der Waals surface area contributed by atoms with Crippen molar-refractivity contribution in [2.75, 3.05) is 19.6 Å². The van der Waals surface area contributed by atoms with Crippen molar-refractivity contribution in [3.8, 4) is 0 Å². The van der Waals surface area contributed by atoms with Gasteiger partial charge < -0.3 is 14.9 Å². The molecular weight excluding hydrogens is 309 g/mol. The molecule has 0 fully saturated rings. The van der Waals surface area contributed by atoms with Crippen molar-refractivity contribution in [1.29, 1.82) is 0 Å². The van der Waals surface area contributed by atoms with E-state index in [1.807, 2.05) is 41.6 Å². The lowest BCUT2D eigenvalue weighted by atomic mass is 10.3. The molecule has 0 amide bonds. The molecule has 2 N–H and O–H groups in total. The van der Waals surface area contributed by atoms with E-state index in [0.29, 0.717) is 5.82 Å². The molecule has 0 radical (unpaired) electrons. The predicted octanol–water partition coefficient (Wildman–Crippen LogP) is 1.65. The number of hydrogen-bond donors (Lipinski definition) is 2. The first-order chi connectivity index (χ1) is 7.09. The molecular formula is C9H14IN3O2. The summed E-state index contributed by atoms with van der Waals surface area (Å²) in [7, 11) is 3.10. The fourth-order valence-corrected chi connectivity index (χ4v) is 1.00. The second-order valence-electron chi connectivity index (χ2n) is 2.92. The molecule has 0 atom stereocenters. The van der Waals surface area contributed by atoms with Crippen molar-refractivity contribution in [1.82, 2.24) is 10.4 Å². The van der Waals surface area contributed by atoms with Gasteiger partial charge in [0.25, 0.3) is 3.92 Å². The van der Waals surface area contributed by atoms with Gasteiger partial charge >= 0.3 is 0 Å². The van der Waals surface area contributed by atoms with Crippen LogP contribution in [0.5, 0.6) is 0 Å². The molecule has 1 aromatic heterocycles. The Kier molecular flexibility index (Phi) is 4.71. The van der Waals surface area contributed by atoms with Crippen LogP contribution >= 0.6 is 22.6 Å². The fraction of sp³-hybridized carbons (Fsp3) is 0.444. The number of halogens is 1. The molecule has 0 unspecified atom stereocenters. The van der Waals surface area contributed by atoms with Crippen LogP contribution in [0, 0.1) is 6.92 Å². The van der Waals surface area contributed by atoms with E-state index in [4.69, 9.17) is 9.47 Å². The number of rotatable bonds is 5. The normalized spacial score (nSPS) is 11.5. The van der Waals surface area contributed by atoms with Gasteiger partial charge in [-0.15, -0.1) is 0 Å². The molecule has 1 heterocycles. The van der Waals surface area contributed by atoms with Crippen molar-refractivity contribution in [3.63, 3.8) is 0 Å². The van der Waals surface area contributed by atoms with Crippen LogP contribution in [-0.4, -0.2) is 23.1 Å². The molecule has 84 valence electrons. The number of methoxy groups -OCH3 is 2. The number of alkyl halides is 1. The van der Waals surface area contributed by atoms with Crippen molar-refractivity contribution < 1.29 is 9.47 Å². The summed E-state index contributed by atoms with van der Waals surface area (Å²) in [6.45, 7) is 1.98. The Balaban J connectivity index is 2.53. The van der Waals surface area contributed by atoms with Crippen LogP contribution in [-0.2, 0) is 9.47 Å². The number of hydrazine groups is 1. The van der Waals surface area contributed by atoms with Crippen LogP contribution in [0.4, 0.5) is 5.82 Å². The molecule has 0 aliphatic carbocycles. The summed E-state index contributed by atoms with van der Waals surface area (Å²) >= 11 is 1.99. The van der Waals surface area contributed by atoms with E-state index in [1.54, 1.807) is 20.4 Å². The predicted molar refractivity (Wildman–Crippen MR) is 66.5 cm³/mol. The third-order valence-electron chi connectivity index (χ3n) is 1.78. The molecule has 5 nitrogen and oxygen atoms in total. The highest BCUT2D eigenvalue weighted by atomic mass is 127.